The molecule has 11 heteroatoms. The molecule has 2 aromatic heterocycles. The summed E-state index contributed by atoms with van der Waals surface area (Å²) in [5.74, 6) is -0.985. The van der Waals surface area contributed by atoms with E-state index in [2.05, 4.69) is 31.5 Å². The minimum Gasteiger partial charge on any atom is -0.444 e. The van der Waals surface area contributed by atoms with Gasteiger partial charge in [0.15, 0.2) is 15.6 Å². The van der Waals surface area contributed by atoms with Crippen LogP contribution in [-0.2, 0) is 17.4 Å². The van der Waals surface area contributed by atoms with Crippen LogP contribution in [-0.4, -0.2) is 23.3 Å². The van der Waals surface area contributed by atoms with Gasteiger partial charge in [0.1, 0.15) is 0 Å². The van der Waals surface area contributed by atoms with Crippen LogP contribution in [0.3, 0.4) is 0 Å². The van der Waals surface area contributed by atoms with E-state index in [0.29, 0.717) is 15.1 Å². The first-order valence-corrected chi connectivity index (χ1v) is 9.76. The number of furan rings is 1. The molecule has 0 saturated carbocycles. The first-order valence-electron chi connectivity index (χ1n) is 8.15. The van der Waals surface area contributed by atoms with Crippen LogP contribution in [0.25, 0.3) is 0 Å². The summed E-state index contributed by atoms with van der Waals surface area (Å²) in [5.41, 5.74) is -0.231. The molecule has 0 aliphatic heterocycles. The number of rotatable bonds is 6. The lowest BCUT2D eigenvalue weighted by molar-refractivity contribution is -0.137. The maximum absolute atomic E-state index is 12.8. The Morgan fingerprint density at radius 3 is 2.69 bits per heavy atom. The maximum Gasteiger partial charge on any atom is 0.416 e. The Morgan fingerprint density at radius 1 is 1.21 bits per heavy atom. The first-order chi connectivity index (χ1) is 13.7. The number of alkyl halides is 3. The van der Waals surface area contributed by atoms with Gasteiger partial charge in [-0.05, 0) is 39.7 Å². The molecule has 0 atom stereocenters. The molecule has 0 spiro atoms. The third-order valence-electron chi connectivity index (χ3n) is 3.64. The number of benzene rings is 1. The quantitative estimate of drug-likeness (QED) is 0.536. The fourth-order valence-electron chi connectivity index (χ4n) is 2.35. The van der Waals surface area contributed by atoms with Gasteiger partial charge in [-0.1, -0.05) is 18.2 Å². The monoisotopic (exact) mass is 487 g/mol. The normalized spacial score (nSPS) is 11.3. The highest BCUT2D eigenvalue weighted by molar-refractivity contribution is 9.10. The summed E-state index contributed by atoms with van der Waals surface area (Å²) in [6.45, 7) is -0.292. The van der Waals surface area contributed by atoms with Crippen molar-refractivity contribution in [3.05, 3.63) is 69.0 Å². The average molecular weight is 488 g/mol. The summed E-state index contributed by atoms with van der Waals surface area (Å²) in [6, 6.07) is 8.05. The summed E-state index contributed by atoms with van der Waals surface area (Å²) in [5, 5.41) is 5.22. The van der Waals surface area contributed by atoms with Crippen LogP contribution >= 0.6 is 27.3 Å². The Balaban J connectivity index is 1.53. The summed E-state index contributed by atoms with van der Waals surface area (Å²) in [7, 11) is 0. The van der Waals surface area contributed by atoms with Crippen LogP contribution < -0.4 is 10.6 Å². The summed E-state index contributed by atoms with van der Waals surface area (Å²) in [6.07, 6.45) is -2.67. The van der Waals surface area contributed by atoms with Gasteiger partial charge in [0.05, 0.1) is 12.1 Å². The number of carbonyl (C=O) groups is 2. The van der Waals surface area contributed by atoms with Crippen molar-refractivity contribution in [3.63, 3.8) is 0 Å². The van der Waals surface area contributed by atoms with E-state index in [4.69, 9.17) is 4.42 Å². The van der Waals surface area contributed by atoms with Gasteiger partial charge in [0.2, 0.25) is 5.91 Å². The predicted octanol–water partition coefficient (Wildman–Crippen LogP) is 4.48. The molecule has 0 bridgehead atoms. The van der Waals surface area contributed by atoms with Gasteiger partial charge >= 0.3 is 6.18 Å². The fourth-order valence-corrected chi connectivity index (χ4v) is 3.52. The number of hydrogen-bond acceptors (Lipinski definition) is 5. The Kier molecular flexibility index (Phi) is 6.38. The SMILES string of the molecule is O=C(CNC(=O)c1ccc(Br)o1)Nc1ncc(Cc2cccc(C(F)(F)F)c2)s1. The van der Waals surface area contributed by atoms with E-state index >= 15 is 0 Å². The van der Waals surface area contributed by atoms with Gasteiger partial charge in [-0.2, -0.15) is 13.2 Å². The maximum atomic E-state index is 12.8. The van der Waals surface area contributed by atoms with Crippen LogP contribution in [0.4, 0.5) is 18.3 Å². The van der Waals surface area contributed by atoms with Crippen molar-refractivity contribution in [1.82, 2.24) is 10.3 Å². The zero-order valence-electron chi connectivity index (χ0n) is 14.5. The van der Waals surface area contributed by atoms with Crippen LogP contribution in [0.5, 0.6) is 0 Å². The average Bonchev–Trinajstić information content (AvgIpc) is 3.28. The van der Waals surface area contributed by atoms with E-state index in [1.807, 2.05) is 0 Å². The van der Waals surface area contributed by atoms with Crippen molar-refractivity contribution in [2.75, 3.05) is 11.9 Å². The van der Waals surface area contributed by atoms with Crippen LogP contribution in [0.1, 0.15) is 26.6 Å². The first kappa shape index (κ1) is 21.1. The molecule has 0 saturated heterocycles. The highest BCUT2D eigenvalue weighted by Gasteiger charge is 2.30. The number of hydrogen-bond donors (Lipinski definition) is 2. The molecule has 2 heterocycles. The summed E-state index contributed by atoms with van der Waals surface area (Å²) >= 11 is 4.22. The number of amides is 2. The third kappa shape index (κ3) is 5.91. The molecule has 0 unspecified atom stereocenters. The molecule has 0 fully saturated rings. The van der Waals surface area contributed by atoms with Gasteiger partial charge in [-0.25, -0.2) is 4.98 Å². The molecule has 2 N–H and O–H groups in total. The molecule has 152 valence electrons. The Morgan fingerprint density at radius 2 is 2.00 bits per heavy atom. The number of aromatic nitrogens is 1. The molecule has 2 amide bonds. The van der Waals surface area contributed by atoms with Crippen molar-refractivity contribution in [3.8, 4) is 0 Å². The molecule has 6 nitrogen and oxygen atoms in total. The highest BCUT2D eigenvalue weighted by atomic mass is 79.9. The Labute approximate surface area is 175 Å². The van der Waals surface area contributed by atoms with Gasteiger partial charge in [-0.3, -0.25) is 9.59 Å². The molecule has 0 aliphatic carbocycles. The zero-order valence-corrected chi connectivity index (χ0v) is 17.0. The molecule has 3 rings (SSSR count). The summed E-state index contributed by atoms with van der Waals surface area (Å²) in [4.78, 5) is 28.5. The largest absolute Gasteiger partial charge is 0.444 e. The lowest BCUT2D eigenvalue weighted by Crippen LogP contribution is -2.32. The number of halogens is 4. The molecule has 29 heavy (non-hydrogen) atoms. The Hall–Kier alpha value is -2.66. The lowest BCUT2D eigenvalue weighted by Gasteiger charge is -2.07. The minimum absolute atomic E-state index is 0.0577. The van der Waals surface area contributed by atoms with Crippen molar-refractivity contribution < 1.29 is 27.2 Å². The molecule has 0 radical (unpaired) electrons. The molecule has 1 aromatic carbocycles. The number of thiazole rings is 1. The van der Waals surface area contributed by atoms with Gasteiger partial charge in [0, 0.05) is 17.5 Å². The molecule has 0 aliphatic rings. The smallest absolute Gasteiger partial charge is 0.416 e. The van der Waals surface area contributed by atoms with Gasteiger partial charge < -0.3 is 15.1 Å². The van der Waals surface area contributed by atoms with E-state index in [1.54, 1.807) is 12.1 Å². The predicted molar refractivity (Wildman–Crippen MR) is 104 cm³/mol. The topological polar surface area (TPSA) is 84.2 Å². The molecule has 3 aromatic rings. The zero-order chi connectivity index (χ0) is 21.0. The number of nitrogens with one attached hydrogen (secondary N) is 2. The van der Waals surface area contributed by atoms with Gasteiger partial charge in [-0.15, -0.1) is 11.3 Å². The van der Waals surface area contributed by atoms with Crippen molar-refractivity contribution >= 4 is 44.2 Å². The second kappa shape index (κ2) is 8.78. The van der Waals surface area contributed by atoms with E-state index in [9.17, 15) is 22.8 Å². The van der Waals surface area contributed by atoms with Crippen molar-refractivity contribution in [2.24, 2.45) is 0 Å². The second-order valence-corrected chi connectivity index (χ2v) is 7.74. The summed E-state index contributed by atoms with van der Waals surface area (Å²) < 4.78 is 43.9. The van der Waals surface area contributed by atoms with Gasteiger partial charge in [0.25, 0.3) is 5.91 Å². The highest BCUT2D eigenvalue weighted by Crippen LogP contribution is 2.30. The van der Waals surface area contributed by atoms with Crippen molar-refractivity contribution in [2.45, 2.75) is 12.6 Å². The molecular weight excluding hydrogens is 475 g/mol. The van der Waals surface area contributed by atoms with E-state index in [1.165, 1.54) is 18.3 Å². The second-order valence-electron chi connectivity index (χ2n) is 5.84. The van der Waals surface area contributed by atoms with E-state index in [-0.39, 0.29) is 23.9 Å². The van der Waals surface area contributed by atoms with E-state index in [0.717, 1.165) is 23.5 Å². The van der Waals surface area contributed by atoms with Crippen LogP contribution in [0.2, 0.25) is 0 Å². The standard InChI is InChI=1S/C18H13BrF3N3O3S/c19-14-5-4-13(28-14)16(27)23-9-15(26)25-17-24-8-12(29-17)7-10-2-1-3-11(6-10)18(20,21)22/h1-6,8H,7,9H2,(H,23,27)(H,24,25,26). The molecular formula is C18H13BrF3N3O3S. The third-order valence-corrected chi connectivity index (χ3v) is 4.98. The van der Waals surface area contributed by atoms with Crippen LogP contribution in [0, 0.1) is 0 Å². The number of nitrogens with zero attached hydrogens (tertiary/aromatic N) is 1. The number of anilines is 1. The van der Waals surface area contributed by atoms with E-state index < -0.39 is 23.6 Å². The minimum atomic E-state index is -4.40. The lowest BCUT2D eigenvalue weighted by atomic mass is 10.1. The van der Waals surface area contributed by atoms with Crippen LogP contribution in [0.15, 0.2) is 51.7 Å². The number of carbonyl (C=O) groups excluding carboxylic acids is 2. The van der Waals surface area contributed by atoms with Crippen molar-refractivity contribution in [1.29, 1.82) is 0 Å². The fraction of sp³-hybridized carbons (Fsp3) is 0.167. The Bertz CT molecular complexity index is 1030.